The zero-order valence-corrected chi connectivity index (χ0v) is 12.0. The average Bonchev–Trinajstić information content (AvgIpc) is 2.70. The first kappa shape index (κ1) is 14.4. The van der Waals surface area contributed by atoms with Crippen LogP contribution in [0.15, 0.2) is 0 Å². The third kappa shape index (κ3) is 6.15. The van der Waals surface area contributed by atoms with E-state index in [9.17, 15) is 0 Å². The van der Waals surface area contributed by atoms with Crippen molar-refractivity contribution in [3.8, 4) is 0 Å². The maximum atomic E-state index is 4.24. The molecule has 1 saturated heterocycles. The predicted molar refractivity (Wildman–Crippen MR) is 76.2 cm³/mol. The standard InChI is InChI=1S/C14H29NS/c1-15(12-8-9-13-15)11-7-5-3-2-4-6-10-14-16/h2-14H2,1H3/p+1. The molecule has 0 atom stereocenters. The van der Waals surface area contributed by atoms with Gasteiger partial charge in [-0.15, -0.1) is 0 Å². The van der Waals surface area contributed by atoms with Crippen LogP contribution < -0.4 is 0 Å². The van der Waals surface area contributed by atoms with Crippen molar-refractivity contribution in [3.05, 3.63) is 0 Å². The molecule has 1 fully saturated rings. The number of hydrogen-bond acceptors (Lipinski definition) is 1. The third-order valence-electron chi connectivity index (χ3n) is 4.00. The van der Waals surface area contributed by atoms with Crippen molar-refractivity contribution in [2.75, 3.05) is 32.4 Å². The quantitative estimate of drug-likeness (QED) is 0.355. The summed E-state index contributed by atoms with van der Waals surface area (Å²) >= 11 is 4.24. The maximum absolute atomic E-state index is 4.24. The molecule has 0 aromatic rings. The van der Waals surface area contributed by atoms with Gasteiger partial charge in [0.2, 0.25) is 0 Å². The molecule has 96 valence electrons. The summed E-state index contributed by atoms with van der Waals surface area (Å²) in [5.74, 6) is 1.07. The number of thiol groups is 1. The lowest BCUT2D eigenvalue weighted by atomic mass is 10.1. The van der Waals surface area contributed by atoms with Crippen molar-refractivity contribution in [2.24, 2.45) is 0 Å². The molecule has 0 bridgehead atoms. The van der Waals surface area contributed by atoms with Crippen molar-refractivity contribution in [1.29, 1.82) is 0 Å². The topological polar surface area (TPSA) is 0 Å². The highest BCUT2D eigenvalue weighted by Gasteiger charge is 2.25. The number of quaternary nitrogens is 1. The van der Waals surface area contributed by atoms with Crippen LogP contribution in [0.2, 0.25) is 0 Å². The Balaban J connectivity index is 1.84. The van der Waals surface area contributed by atoms with Gasteiger partial charge in [-0.2, -0.15) is 12.6 Å². The number of likely N-dealkylation sites (tertiary alicyclic amines) is 1. The van der Waals surface area contributed by atoms with E-state index in [0.29, 0.717) is 0 Å². The lowest BCUT2D eigenvalue weighted by molar-refractivity contribution is -0.897. The van der Waals surface area contributed by atoms with Crippen LogP contribution in [-0.4, -0.2) is 36.9 Å². The fourth-order valence-electron chi connectivity index (χ4n) is 2.81. The highest BCUT2D eigenvalue weighted by Crippen LogP contribution is 2.18. The Morgan fingerprint density at radius 2 is 1.31 bits per heavy atom. The van der Waals surface area contributed by atoms with Gasteiger partial charge in [-0.3, -0.25) is 0 Å². The zero-order valence-electron chi connectivity index (χ0n) is 11.1. The molecule has 16 heavy (non-hydrogen) atoms. The minimum absolute atomic E-state index is 1.07. The van der Waals surface area contributed by atoms with E-state index < -0.39 is 0 Å². The van der Waals surface area contributed by atoms with Crippen molar-refractivity contribution in [3.63, 3.8) is 0 Å². The smallest absolute Gasteiger partial charge is 0.0786 e. The SMILES string of the molecule is C[N+]1(CCCCCCCCCS)CCCC1. The minimum atomic E-state index is 1.07. The second-order valence-corrected chi connectivity index (χ2v) is 6.14. The largest absolute Gasteiger partial charge is 0.326 e. The van der Waals surface area contributed by atoms with Gasteiger partial charge in [0.15, 0.2) is 0 Å². The summed E-state index contributed by atoms with van der Waals surface area (Å²) in [5.41, 5.74) is 0. The van der Waals surface area contributed by atoms with Crippen LogP contribution in [0.25, 0.3) is 0 Å². The van der Waals surface area contributed by atoms with Crippen molar-refractivity contribution >= 4 is 12.6 Å². The predicted octanol–water partition coefficient (Wildman–Crippen LogP) is 3.89. The first-order valence-corrected chi connectivity index (χ1v) is 7.84. The molecule has 0 saturated carbocycles. The fraction of sp³-hybridized carbons (Fsp3) is 1.00. The van der Waals surface area contributed by atoms with E-state index in [-0.39, 0.29) is 0 Å². The van der Waals surface area contributed by atoms with Gasteiger partial charge in [0.05, 0.1) is 26.7 Å². The first-order chi connectivity index (χ1) is 7.77. The zero-order chi connectivity index (χ0) is 11.7. The molecule has 0 aromatic heterocycles. The fourth-order valence-corrected chi connectivity index (χ4v) is 3.04. The van der Waals surface area contributed by atoms with Crippen LogP contribution in [0.3, 0.4) is 0 Å². The molecule has 0 N–H and O–H groups in total. The highest BCUT2D eigenvalue weighted by molar-refractivity contribution is 7.80. The molecular weight excluding hydrogens is 214 g/mol. The van der Waals surface area contributed by atoms with E-state index in [1.54, 1.807) is 0 Å². The number of unbranched alkanes of at least 4 members (excludes halogenated alkanes) is 6. The summed E-state index contributed by atoms with van der Waals surface area (Å²) in [5, 5.41) is 0. The van der Waals surface area contributed by atoms with Gasteiger partial charge in [-0.1, -0.05) is 25.7 Å². The van der Waals surface area contributed by atoms with Crippen LogP contribution in [0.1, 0.15) is 57.8 Å². The Morgan fingerprint density at radius 3 is 1.88 bits per heavy atom. The third-order valence-corrected chi connectivity index (χ3v) is 4.32. The van der Waals surface area contributed by atoms with Crippen LogP contribution in [0, 0.1) is 0 Å². The van der Waals surface area contributed by atoms with Gasteiger partial charge in [0, 0.05) is 12.8 Å². The molecule has 0 unspecified atom stereocenters. The van der Waals surface area contributed by atoms with Gasteiger partial charge < -0.3 is 4.48 Å². The Labute approximate surface area is 108 Å². The minimum Gasteiger partial charge on any atom is -0.326 e. The van der Waals surface area contributed by atoms with E-state index in [4.69, 9.17) is 0 Å². The van der Waals surface area contributed by atoms with Gasteiger partial charge in [0.25, 0.3) is 0 Å². The van der Waals surface area contributed by atoms with Gasteiger partial charge in [-0.05, 0) is 25.0 Å². The first-order valence-electron chi connectivity index (χ1n) is 7.21. The van der Waals surface area contributed by atoms with Crippen molar-refractivity contribution < 1.29 is 4.48 Å². The molecule has 0 spiro atoms. The van der Waals surface area contributed by atoms with E-state index in [0.717, 1.165) is 5.75 Å². The Kier molecular flexibility index (Phi) is 7.55. The molecule has 1 rings (SSSR count). The molecule has 1 heterocycles. The summed E-state index contributed by atoms with van der Waals surface area (Å²) in [6.07, 6.45) is 12.8. The lowest BCUT2D eigenvalue weighted by Gasteiger charge is -2.29. The lowest BCUT2D eigenvalue weighted by Crippen LogP contribution is -2.41. The van der Waals surface area contributed by atoms with Gasteiger partial charge in [0.1, 0.15) is 0 Å². The van der Waals surface area contributed by atoms with E-state index in [1.807, 2.05) is 0 Å². The normalized spacial score (nSPS) is 19.1. The average molecular weight is 244 g/mol. The number of hydrogen-bond donors (Lipinski definition) is 1. The number of nitrogens with zero attached hydrogens (tertiary/aromatic N) is 1. The Hall–Kier alpha value is 0.310. The van der Waals surface area contributed by atoms with E-state index in [1.165, 1.54) is 81.9 Å². The molecule has 1 aliphatic rings. The number of rotatable bonds is 9. The summed E-state index contributed by atoms with van der Waals surface area (Å²) in [4.78, 5) is 0. The van der Waals surface area contributed by atoms with Crippen LogP contribution >= 0.6 is 12.6 Å². The maximum Gasteiger partial charge on any atom is 0.0786 e. The highest BCUT2D eigenvalue weighted by atomic mass is 32.1. The van der Waals surface area contributed by atoms with E-state index >= 15 is 0 Å². The molecule has 1 aliphatic heterocycles. The Morgan fingerprint density at radius 1 is 0.812 bits per heavy atom. The molecule has 0 radical (unpaired) electrons. The summed E-state index contributed by atoms with van der Waals surface area (Å²) in [7, 11) is 2.44. The molecular formula is C14H30NS+. The van der Waals surface area contributed by atoms with Gasteiger partial charge in [-0.25, -0.2) is 0 Å². The van der Waals surface area contributed by atoms with Crippen molar-refractivity contribution in [1.82, 2.24) is 0 Å². The molecule has 2 heteroatoms. The molecule has 0 aromatic carbocycles. The Bertz CT molecular complexity index is 164. The monoisotopic (exact) mass is 244 g/mol. The van der Waals surface area contributed by atoms with Gasteiger partial charge >= 0.3 is 0 Å². The van der Waals surface area contributed by atoms with Crippen molar-refractivity contribution in [2.45, 2.75) is 57.8 Å². The van der Waals surface area contributed by atoms with Crippen LogP contribution in [-0.2, 0) is 0 Å². The second kappa shape index (κ2) is 8.41. The molecule has 0 aliphatic carbocycles. The summed E-state index contributed by atoms with van der Waals surface area (Å²) in [6.45, 7) is 4.29. The second-order valence-electron chi connectivity index (χ2n) is 5.70. The summed E-state index contributed by atoms with van der Waals surface area (Å²) < 4.78 is 1.36. The van der Waals surface area contributed by atoms with Crippen LogP contribution in [0.5, 0.6) is 0 Å². The van der Waals surface area contributed by atoms with E-state index in [2.05, 4.69) is 19.7 Å². The van der Waals surface area contributed by atoms with Crippen LogP contribution in [0.4, 0.5) is 0 Å². The summed E-state index contributed by atoms with van der Waals surface area (Å²) in [6, 6.07) is 0. The molecule has 1 nitrogen and oxygen atoms in total. The molecule has 0 amide bonds.